The number of likely N-dealkylation sites (tertiary alicyclic amines) is 1. The van der Waals surface area contributed by atoms with Crippen LogP contribution in [0.15, 0.2) is 42.9 Å². The molecule has 3 heterocycles. The van der Waals surface area contributed by atoms with E-state index in [9.17, 15) is 13.2 Å². The van der Waals surface area contributed by atoms with Gasteiger partial charge in [0.2, 0.25) is 0 Å². The van der Waals surface area contributed by atoms with Crippen LogP contribution in [0, 0.1) is 5.92 Å². The van der Waals surface area contributed by atoms with Crippen LogP contribution < -0.4 is 5.32 Å². The van der Waals surface area contributed by atoms with Gasteiger partial charge in [0.05, 0.1) is 10.9 Å². The van der Waals surface area contributed by atoms with Gasteiger partial charge in [0.1, 0.15) is 17.8 Å². The lowest BCUT2D eigenvalue weighted by Crippen LogP contribution is -2.35. The number of fused-ring (bicyclic) bond motifs is 1. The molecule has 1 saturated heterocycles. The van der Waals surface area contributed by atoms with Crippen molar-refractivity contribution in [3.05, 3.63) is 54.0 Å². The third-order valence-corrected chi connectivity index (χ3v) is 5.31. The zero-order valence-corrected chi connectivity index (χ0v) is 15.3. The lowest BCUT2D eigenvalue weighted by Gasteiger charge is -2.32. The van der Waals surface area contributed by atoms with Crippen molar-refractivity contribution < 1.29 is 13.2 Å². The van der Waals surface area contributed by atoms with Crippen LogP contribution in [0.25, 0.3) is 11.0 Å². The summed E-state index contributed by atoms with van der Waals surface area (Å²) in [7, 11) is 0. The van der Waals surface area contributed by atoms with Crippen LogP contribution in [0.3, 0.4) is 0 Å². The summed E-state index contributed by atoms with van der Waals surface area (Å²) in [6.07, 6.45) is 1.22. The number of nitrogens with one attached hydrogen (secondary N) is 2. The third-order valence-electron chi connectivity index (χ3n) is 5.31. The van der Waals surface area contributed by atoms with Crippen molar-refractivity contribution in [3.63, 3.8) is 0 Å². The topological polar surface area (TPSA) is 56.8 Å². The first-order chi connectivity index (χ1) is 13.5. The van der Waals surface area contributed by atoms with E-state index < -0.39 is 11.7 Å². The van der Waals surface area contributed by atoms with E-state index in [1.807, 2.05) is 12.3 Å². The molecule has 0 saturated carbocycles. The second kappa shape index (κ2) is 7.79. The molecule has 28 heavy (non-hydrogen) atoms. The summed E-state index contributed by atoms with van der Waals surface area (Å²) in [6.45, 7) is 3.42. The van der Waals surface area contributed by atoms with Crippen LogP contribution in [0.5, 0.6) is 0 Å². The van der Waals surface area contributed by atoms with Gasteiger partial charge in [0.25, 0.3) is 0 Å². The smallest absolute Gasteiger partial charge is 0.369 e. The van der Waals surface area contributed by atoms with Crippen molar-refractivity contribution in [2.75, 3.05) is 25.0 Å². The number of anilines is 1. The Hall–Kier alpha value is -2.61. The highest BCUT2D eigenvalue weighted by Gasteiger charge is 2.30. The number of hydrogen-bond acceptors (Lipinski definition) is 4. The van der Waals surface area contributed by atoms with Crippen molar-refractivity contribution in [1.29, 1.82) is 0 Å². The molecule has 0 amide bonds. The Morgan fingerprint density at radius 1 is 1.07 bits per heavy atom. The molecule has 0 bridgehead atoms. The van der Waals surface area contributed by atoms with Gasteiger partial charge in [-0.05, 0) is 55.6 Å². The van der Waals surface area contributed by atoms with Gasteiger partial charge in [-0.15, -0.1) is 0 Å². The van der Waals surface area contributed by atoms with Gasteiger partial charge in [0, 0.05) is 19.3 Å². The van der Waals surface area contributed by atoms with Crippen molar-refractivity contribution in [2.45, 2.75) is 25.6 Å². The second-order valence-corrected chi connectivity index (χ2v) is 7.26. The molecule has 8 heteroatoms. The maximum atomic E-state index is 12.7. The Bertz CT molecular complexity index is 911. The summed E-state index contributed by atoms with van der Waals surface area (Å²) in [5.74, 6) is 1.39. The lowest BCUT2D eigenvalue weighted by atomic mass is 9.96. The standard InChI is InChI=1S/C20H22F3N5/c21-20(22,23)16-3-1-15(2-4-16)12-28-9-6-14(7-10-28)11-25-19-17-5-8-24-18(17)26-13-27-19/h1-5,8,13-14H,6-7,9-12H2,(H2,24,25,26,27). The zero-order valence-electron chi connectivity index (χ0n) is 15.3. The first kappa shape index (κ1) is 18.7. The molecule has 0 radical (unpaired) electrons. The maximum absolute atomic E-state index is 12.7. The van der Waals surface area contributed by atoms with E-state index in [2.05, 4.69) is 25.2 Å². The van der Waals surface area contributed by atoms with Gasteiger partial charge in [-0.1, -0.05) is 12.1 Å². The van der Waals surface area contributed by atoms with Crippen LogP contribution >= 0.6 is 0 Å². The molecule has 0 unspecified atom stereocenters. The summed E-state index contributed by atoms with van der Waals surface area (Å²) in [5.41, 5.74) is 1.14. The number of benzene rings is 1. The lowest BCUT2D eigenvalue weighted by molar-refractivity contribution is -0.137. The minimum Gasteiger partial charge on any atom is -0.369 e. The second-order valence-electron chi connectivity index (χ2n) is 7.26. The van der Waals surface area contributed by atoms with Gasteiger partial charge in [-0.3, -0.25) is 4.90 Å². The van der Waals surface area contributed by atoms with Crippen LogP contribution in [0.2, 0.25) is 0 Å². The average molecular weight is 389 g/mol. The van der Waals surface area contributed by atoms with Crippen molar-refractivity contribution in [2.24, 2.45) is 5.92 Å². The predicted molar refractivity (Wildman–Crippen MR) is 102 cm³/mol. The Kier molecular flexibility index (Phi) is 5.21. The molecule has 0 spiro atoms. The van der Waals surface area contributed by atoms with Gasteiger partial charge in [-0.25, -0.2) is 9.97 Å². The number of hydrogen-bond donors (Lipinski definition) is 2. The number of halogens is 3. The Balaban J connectivity index is 1.26. The fourth-order valence-corrected chi connectivity index (χ4v) is 3.66. The van der Waals surface area contributed by atoms with Crippen LogP contribution in [-0.4, -0.2) is 39.5 Å². The summed E-state index contributed by atoms with van der Waals surface area (Å²) < 4.78 is 38.0. The van der Waals surface area contributed by atoms with E-state index >= 15 is 0 Å². The van der Waals surface area contributed by atoms with E-state index in [1.165, 1.54) is 0 Å². The van der Waals surface area contributed by atoms with Crippen LogP contribution in [-0.2, 0) is 12.7 Å². The van der Waals surface area contributed by atoms with Crippen molar-refractivity contribution >= 4 is 16.9 Å². The summed E-state index contributed by atoms with van der Waals surface area (Å²) >= 11 is 0. The Morgan fingerprint density at radius 3 is 2.54 bits per heavy atom. The molecule has 5 nitrogen and oxygen atoms in total. The van der Waals surface area contributed by atoms with Gasteiger partial charge >= 0.3 is 6.18 Å². The molecule has 1 aromatic carbocycles. The van der Waals surface area contributed by atoms with E-state index in [0.29, 0.717) is 12.5 Å². The monoisotopic (exact) mass is 389 g/mol. The largest absolute Gasteiger partial charge is 0.416 e. The molecule has 4 rings (SSSR count). The van der Waals surface area contributed by atoms with E-state index in [1.54, 1.807) is 18.5 Å². The highest BCUT2D eigenvalue weighted by Crippen LogP contribution is 2.29. The summed E-state index contributed by atoms with van der Waals surface area (Å²) in [5, 5.41) is 4.42. The molecule has 0 aliphatic carbocycles. The average Bonchev–Trinajstić information content (AvgIpc) is 3.17. The highest BCUT2D eigenvalue weighted by atomic mass is 19.4. The summed E-state index contributed by atoms with van der Waals surface area (Å²) in [4.78, 5) is 13.9. The molecule has 148 valence electrons. The van der Waals surface area contributed by atoms with Gasteiger partial charge in [0.15, 0.2) is 0 Å². The predicted octanol–water partition coefficient (Wildman–Crippen LogP) is 4.30. The normalized spacial score (nSPS) is 16.5. The van der Waals surface area contributed by atoms with Gasteiger partial charge < -0.3 is 10.3 Å². The third kappa shape index (κ3) is 4.27. The fourth-order valence-electron chi connectivity index (χ4n) is 3.66. The van der Waals surface area contributed by atoms with Crippen LogP contribution in [0.4, 0.5) is 19.0 Å². The number of alkyl halides is 3. The van der Waals surface area contributed by atoms with Crippen molar-refractivity contribution in [1.82, 2.24) is 19.9 Å². The van der Waals surface area contributed by atoms with Crippen LogP contribution in [0.1, 0.15) is 24.0 Å². The maximum Gasteiger partial charge on any atom is 0.416 e. The molecular formula is C20H22F3N5. The fraction of sp³-hybridized carbons (Fsp3) is 0.400. The number of aromatic nitrogens is 3. The highest BCUT2D eigenvalue weighted by molar-refractivity contribution is 5.86. The number of nitrogens with zero attached hydrogens (tertiary/aromatic N) is 3. The first-order valence-corrected chi connectivity index (χ1v) is 9.39. The molecule has 2 aromatic heterocycles. The number of piperidine rings is 1. The first-order valence-electron chi connectivity index (χ1n) is 9.39. The molecule has 1 aliphatic rings. The van der Waals surface area contributed by atoms with Gasteiger partial charge in [-0.2, -0.15) is 13.2 Å². The molecular weight excluding hydrogens is 367 g/mol. The molecule has 1 aliphatic heterocycles. The number of rotatable bonds is 5. The van der Waals surface area contributed by atoms with E-state index in [0.717, 1.165) is 67.0 Å². The van der Waals surface area contributed by atoms with E-state index in [4.69, 9.17) is 0 Å². The minimum absolute atomic E-state index is 0.549. The Labute approximate surface area is 161 Å². The minimum atomic E-state index is -4.28. The number of aromatic amines is 1. The quantitative estimate of drug-likeness (QED) is 0.683. The molecule has 2 N–H and O–H groups in total. The molecule has 1 fully saturated rings. The van der Waals surface area contributed by atoms with E-state index in [-0.39, 0.29) is 0 Å². The molecule has 0 atom stereocenters. The van der Waals surface area contributed by atoms with Crippen molar-refractivity contribution in [3.8, 4) is 0 Å². The SMILES string of the molecule is FC(F)(F)c1ccc(CN2CCC(CNc3ncnc4[nH]ccc34)CC2)cc1. The summed E-state index contributed by atoms with van der Waals surface area (Å²) in [6, 6.07) is 7.44. The zero-order chi connectivity index (χ0) is 19.6. The Morgan fingerprint density at radius 2 is 1.82 bits per heavy atom. The molecule has 3 aromatic rings. The number of H-pyrrole nitrogens is 1.